The summed E-state index contributed by atoms with van der Waals surface area (Å²) in [5, 5.41) is 4.94. The molecule has 8 aromatic carbocycles. The van der Waals surface area contributed by atoms with Crippen molar-refractivity contribution in [1.29, 1.82) is 0 Å². The fourth-order valence-corrected chi connectivity index (χ4v) is 9.03. The van der Waals surface area contributed by atoms with Gasteiger partial charge in [0.1, 0.15) is 5.82 Å². The van der Waals surface area contributed by atoms with Gasteiger partial charge in [-0.15, -0.1) is 0 Å². The number of rotatable bonds is 6. The summed E-state index contributed by atoms with van der Waals surface area (Å²) in [6.45, 7) is 0. The Hall–Kier alpha value is -8.02. The highest BCUT2D eigenvalue weighted by Gasteiger charge is 2.18. The summed E-state index contributed by atoms with van der Waals surface area (Å²) < 4.78 is 7.01. The molecule has 0 amide bonds. The first-order valence-electron chi connectivity index (χ1n) is 20.0. The van der Waals surface area contributed by atoms with Crippen LogP contribution in [0.2, 0.25) is 0 Å². The Labute approximate surface area is 340 Å². The molecule has 0 aliphatic carbocycles. The standard InChI is InChI=1S/C54H35N5/c1-2-10-36(11-3-1)37-18-22-41(23-19-37)57-49-15-7-4-12-44(49)46-34-39(20-28-51(46)57)40-21-29-52-47(35-40)45-13-5-8-16-50(45)58(52)42-24-26-43(27-25-42)59-53-17-9-6-14-48(53)56-54(59)38-30-32-55-33-31-38/h1-35H. The Balaban J connectivity index is 0.950. The van der Waals surface area contributed by atoms with Crippen molar-refractivity contribution in [2.45, 2.75) is 0 Å². The number of nitrogens with zero attached hydrogens (tertiary/aromatic N) is 5. The van der Waals surface area contributed by atoms with Crippen molar-refractivity contribution in [3.63, 3.8) is 0 Å². The zero-order chi connectivity index (χ0) is 38.9. The molecule has 0 N–H and O–H groups in total. The van der Waals surface area contributed by atoms with Crippen LogP contribution in [0.25, 0.3) is 105 Å². The van der Waals surface area contributed by atoms with E-state index in [4.69, 9.17) is 4.98 Å². The number of para-hydroxylation sites is 4. The van der Waals surface area contributed by atoms with Crippen LogP contribution in [0.1, 0.15) is 0 Å². The molecule has 5 heteroatoms. The van der Waals surface area contributed by atoms with Crippen molar-refractivity contribution in [2.75, 3.05) is 0 Å². The Morgan fingerprint density at radius 1 is 0.288 bits per heavy atom. The van der Waals surface area contributed by atoms with E-state index >= 15 is 0 Å². The maximum atomic E-state index is 5.03. The summed E-state index contributed by atoms with van der Waals surface area (Å²) in [6.07, 6.45) is 3.64. The summed E-state index contributed by atoms with van der Waals surface area (Å²) in [6, 6.07) is 72.0. The molecule has 0 bridgehead atoms. The van der Waals surface area contributed by atoms with Crippen molar-refractivity contribution in [1.82, 2.24) is 23.7 Å². The summed E-state index contributed by atoms with van der Waals surface area (Å²) in [5.41, 5.74) is 15.9. The summed E-state index contributed by atoms with van der Waals surface area (Å²) in [4.78, 5) is 9.28. The van der Waals surface area contributed by atoms with Gasteiger partial charge in [-0.05, 0) is 119 Å². The van der Waals surface area contributed by atoms with E-state index < -0.39 is 0 Å². The molecule has 0 saturated heterocycles. The fraction of sp³-hybridized carbons (Fsp3) is 0. The van der Waals surface area contributed by atoms with Gasteiger partial charge in [-0.1, -0.05) is 103 Å². The Bertz CT molecular complexity index is 3520. The van der Waals surface area contributed by atoms with Crippen molar-refractivity contribution in [3.05, 3.63) is 213 Å². The molecule has 5 nitrogen and oxygen atoms in total. The lowest BCUT2D eigenvalue weighted by Crippen LogP contribution is -1.99. The van der Waals surface area contributed by atoms with E-state index in [0.29, 0.717) is 0 Å². The van der Waals surface area contributed by atoms with E-state index in [-0.39, 0.29) is 0 Å². The Kier molecular flexibility index (Phi) is 7.47. The maximum Gasteiger partial charge on any atom is 0.145 e. The number of hydrogen-bond acceptors (Lipinski definition) is 2. The third kappa shape index (κ3) is 5.33. The lowest BCUT2D eigenvalue weighted by molar-refractivity contribution is 1.09. The van der Waals surface area contributed by atoms with Crippen LogP contribution in [-0.4, -0.2) is 23.7 Å². The number of hydrogen-bond donors (Lipinski definition) is 0. The molecule has 0 unspecified atom stereocenters. The summed E-state index contributed by atoms with van der Waals surface area (Å²) in [5.74, 6) is 0.894. The first kappa shape index (κ1) is 33.2. The first-order valence-corrected chi connectivity index (χ1v) is 20.0. The van der Waals surface area contributed by atoms with Crippen LogP contribution in [0.3, 0.4) is 0 Å². The zero-order valence-corrected chi connectivity index (χ0v) is 31.9. The van der Waals surface area contributed by atoms with Crippen LogP contribution in [0.4, 0.5) is 0 Å². The molecule has 0 aliphatic heterocycles. The molecular formula is C54H35N5. The van der Waals surface area contributed by atoms with E-state index in [1.165, 1.54) is 65.9 Å². The van der Waals surface area contributed by atoms with Gasteiger partial charge < -0.3 is 9.13 Å². The van der Waals surface area contributed by atoms with Gasteiger partial charge in [0.15, 0.2) is 0 Å². The van der Waals surface area contributed by atoms with Gasteiger partial charge in [0.2, 0.25) is 0 Å². The zero-order valence-electron chi connectivity index (χ0n) is 31.9. The van der Waals surface area contributed by atoms with Crippen molar-refractivity contribution < 1.29 is 0 Å². The molecule has 0 saturated carbocycles. The van der Waals surface area contributed by atoms with E-state index in [2.05, 4.69) is 201 Å². The first-order chi connectivity index (χ1) is 29.3. The molecule has 0 spiro atoms. The smallest absolute Gasteiger partial charge is 0.145 e. The number of benzene rings is 8. The van der Waals surface area contributed by atoms with Gasteiger partial charge in [-0.2, -0.15) is 0 Å². The van der Waals surface area contributed by atoms with Crippen molar-refractivity contribution >= 4 is 54.6 Å². The van der Waals surface area contributed by atoms with E-state index in [0.717, 1.165) is 39.5 Å². The van der Waals surface area contributed by atoms with Gasteiger partial charge in [0.25, 0.3) is 0 Å². The third-order valence-corrected chi connectivity index (χ3v) is 11.8. The van der Waals surface area contributed by atoms with Gasteiger partial charge in [0, 0.05) is 56.6 Å². The second-order valence-electron chi connectivity index (χ2n) is 15.1. The largest absolute Gasteiger partial charge is 0.309 e. The van der Waals surface area contributed by atoms with E-state index in [1.807, 2.05) is 30.6 Å². The molecular weight excluding hydrogens is 719 g/mol. The van der Waals surface area contributed by atoms with Crippen LogP contribution < -0.4 is 0 Å². The van der Waals surface area contributed by atoms with E-state index in [1.54, 1.807) is 0 Å². The summed E-state index contributed by atoms with van der Waals surface area (Å²) >= 11 is 0. The lowest BCUT2D eigenvalue weighted by atomic mass is 10.0. The van der Waals surface area contributed by atoms with Gasteiger partial charge in [-0.25, -0.2) is 4.98 Å². The molecule has 59 heavy (non-hydrogen) atoms. The van der Waals surface area contributed by atoms with E-state index in [9.17, 15) is 0 Å². The highest BCUT2D eigenvalue weighted by Crippen LogP contribution is 2.39. The number of imidazole rings is 1. The molecule has 4 aromatic heterocycles. The predicted octanol–water partition coefficient (Wildman–Crippen LogP) is 13.6. The molecule has 12 rings (SSSR count). The van der Waals surface area contributed by atoms with Crippen molar-refractivity contribution in [3.8, 4) is 50.7 Å². The van der Waals surface area contributed by atoms with Gasteiger partial charge in [0.05, 0.1) is 33.1 Å². The predicted molar refractivity (Wildman–Crippen MR) is 244 cm³/mol. The number of fused-ring (bicyclic) bond motifs is 7. The van der Waals surface area contributed by atoms with Gasteiger partial charge >= 0.3 is 0 Å². The minimum absolute atomic E-state index is 0.894. The summed E-state index contributed by atoms with van der Waals surface area (Å²) in [7, 11) is 0. The average Bonchev–Trinajstić information content (AvgIpc) is 3.97. The molecule has 0 aliphatic rings. The Morgan fingerprint density at radius 3 is 1.32 bits per heavy atom. The molecule has 276 valence electrons. The topological polar surface area (TPSA) is 40.6 Å². The molecule has 4 heterocycles. The molecule has 0 radical (unpaired) electrons. The normalized spacial score (nSPS) is 11.7. The Morgan fingerprint density at radius 2 is 0.729 bits per heavy atom. The molecule has 12 aromatic rings. The van der Waals surface area contributed by atoms with Crippen molar-refractivity contribution in [2.24, 2.45) is 0 Å². The highest BCUT2D eigenvalue weighted by atomic mass is 15.1. The minimum atomic E-state index is 0.894. The van der Waals surface area contributed by atoms with Gasteiger partial charge in [-0.3, -0.25) is 9.55 Å². The number of pyridine rings is 1. The second-order valence-corrected chi connectivity index (χ2v) is 15.1. The second kappa shape index (κ2) is 13.3. The maximum absolute atomic E-state index is 5.03. The minimum Gasteiger partial charge on any atom is -0.309 e. The van der Waals surface area contributed by atoms with Crippen LogP contribution in [0, 0.1) is 0 Å². The van der Waals surface area contributed by atoms with Crippen LogP contribution in [-0.2, 0) is 0 Å². The SMILES string of the molecule is c1ccc(-c2ccc(-n3c4ccccc4c4cc(-c5ccc6c(c5)c5ccccc5n6-c5ccc(-n6c(-c7ccncc7)nc7ccccc76)cc5)ccc43)cc2)cc1. The highest BCUT2D eigenvalue weighted by molar-refractivity contribution is 6.12. The molecule has 0 fully saturated rings. The monoisotopic (exact) mass is 753 g/mol. The molecule has 0 atom stereocenters. The van der Waals surface area contributed by atoms with Crippen LogP contribution >= 0.6 is 0 Å². The van der Waals surface area contributed by atoms with Crippen LogP contribution in [0.5, 0.6) is 0 Å². The average molecular weight is 754 g/mol. The third-order valence-electron chi connectivity index (χ3n) is 11.8. The lowest BCUT2D eigenvalue weighted by Gasteiger charge is -2.12. The number of aromatic nitrogens is 5. The quantitative estimate of drug-likeness (QED) is 0.170. The van der Waals surface area contributed by atoms with Crippen LogP contribution in [0.15, 0.2) is 213 Å². The fourth-order valence-electron chi connectivity index (χ4n) is 9.03.